The smallest absolute Gasteiger partial charge is 0.161 e. The monoisotopic (exact) mass is 239 g/mol. The lowest BCUT2D eigenvalue weighted by Crippen LogP contribution is -2.22. The van der Waals surface area contributed by atoms with Crippen LogP contribution in [-0.4, -0.2) is 31.0 Å². The second kappa shape index (κ2) is 7.92. The van der Waals surface area contributed by atoms with Gasteiger partial charge in [-0.15, -0.1) is 0 Å². The zero-order valence-electron chi connectivity index (χ0n) is 10.3. The van der Waals surface area contributed by atoms with Gasteiger partial charge in [-0.05, 0) is 18.6 Å². The number of benzene rings is 1. The molecule has 1 unspecified atom stereocenters. The molecular formula is C13H21NO3. The fourth-order valence-electron chi connectivity index (χ4n) is 1.32. The molecule has 0 radical (unpaired) electrons. The molecule has 0 amide bonds. The van der Waals surface area contributed by atoms with Crippen molar-refractivity contribution in [1.82, 2.24) is 0 Å². The number of nitrogens with two attached hydrogens (primary N) is 1. The molecule has 0 saturated carbocycles. The van der Waals surface area contributed by atoms with E-state index in [2.05, 4.69) is 6.92 Å². The van der Waals surface area contributed by atoms with Crippen LogP contribution in [0.5, 0.6) is 11.5 Å². The largest absolute Gasteiger partial charge is 0.490 e. The van der Waals surface area contributed by atoms with Crippen molar-refractivity contribution in [3.63, 3.8) is 0 Å². The lowest BCUT2D eigenvalue weighted by atomic mass is 10.2. The standard InChI is InChI=1S/C13H21NO3/c1-2-8-16-12-5-3-4-6-13(12)17-9-7-11(15)10-14/h3-6,11,15H,2,7-10,14H2,1H3. The first-order valence-electron chi connectivity index (χ1n) is 6.00. The van der Waals surface area contributed by atoms with Gasteiger partial charge in [-0.2, -0.15) is 0 Å². The molecule has 0 aromatic heterocycles. The molecule has 0 aliphatic rings. The van der Waals surface area contributed by atoms with Gasteiger partial charge in [0.05, 0.1) is 19.3 Å². The van der Waals surface area contributed by atoms with Gasteiger partial charge in [0, 0.05) is 13.0 Å². The van der Waals surface area contributed by atoms with Crippen molar-refractivity contribution < 1.29 is 14.6 Å². The fourth-order valence-corrected chi connectivity index (χ4v) is 1.32. The van der Waals surface area contributed by atoms with Gasteiger partial charge < -0.3 is 20.3 Å². The van der Waals surface area contributed by atoms with Crippen LogP contribution in [-0.2, 0) is 0 Å². The van der Waals surface area contributed by atoms with Crippen LogP contribution < -0.4 is 15.2 Å². The summed E-state index contributed by atoms with van der Waals surface area (Å²) in [7, 11) is 0. The van der Waals surface area contributed by atoms with Crippen molar-refractivity contribution in [2.75, 3.05) is 19.8 Å². The molecular weight excluding hydrogens is 218 g/mol. The summed E-state index contributed by atoms with van der Waals surface area (Å²) >= 11 is 0. The number of rotatable bonds is 8. The molecule has 1 aromatic carbocycles. The first kappa shape index (κ1) is 13.8. The third kappa shape index (κ3) is 5.06. The van der Waals surface area contributed by atoms with Crippen LogP contribution >= 0.6 is 0 Å². The third-order valence-electron chi connectivity index (χ3n) is 2.29. The SMILES string of the molecule is CCCOc1ccccc1OCCC(O)CN. The van der Waals surface area contributed by atoms with E-state index >= 15 is 0 Å². The minimum atomic E-state index is -0.501. The van der Waals surface area contributed by atoms with Crippen molar-refractivity contribution in [2.45, 2.75) is 25.9 Å². The molecule has 0 fully saturated rings. The van der Waals surface area contributed by atoms with Crippen molar-refractivity contribution >= 4 is 0 Å². The summed E-state index contributed by atoms with van der Waals surface area (Å²) in [5, 5.41) is 9.31. The number of ether oxygens (including phenoxy) is 2. The Morgan fingerprint density at radius 2 is 1.76 bits per heavy atom. The summed E-state index contributed by atoms with van der Waals surface area (Å²) in [4.78, 5) is 0. The summed E-state index contributed by atoms with van der Waals surface area (Å²) in [6.07, 6.45) is 0.984. The average Bonchev–Trinajstić information content (AvgIpc) is 2.37. The Labute approximate surface area is 102 Å². The first-order chi connectivity index (χ1) is 8.27. The predicted molar refractivity (Wildman–Crippen MR) is 67.4 cm³/mol. The Balaban J connectivity index is 2.45. The van der Waals surface area contributed by atoms with Crippen LogP contribution in [0.2, 0.25) is 0 Å². The lowest BCUT2D eigenvalue weighted by molar-refractivity contribution is 0.144. The van der Waals surface area contributed by atoms with E-state index in [-0.39, 0.29) is 6.54 Å². The van der Waals surface area contributed by atoms with E-state index in [4.69, 9.17) is 15.2 Å². The molecule has 4 nitrogen and oxygen atoms in total. The second-order valence-corrected chi connectivity index (χ2v) is 3.82. The molecule has 1 atom stereocenters. The highest BCUT2D eigenvalue weighted by atomic mass is 16.5. The Kier molecular flexibility index (Phi) is 6.43. The molecule has 17 heavy (non-hydrogen) atoms. The molecule has 3 N–H and O–H groups in total. The Bertz CT molecular complexity index is 317. The number of hydrogen-bond acceptors (Lipinski definition) is 4. The molecule has 1 rings (SSSR count). The van der Waals surface area contributed by atoms with E-state index in [9.17, 15) is 5.11 Å². The quantitative estimate of drug-likeness (QED) is 0.722. The van der Waals surface area contributed by atoms with Gasteiger partial charge in [0.15, 0.2) is 11.5 Å². The zero-order valence-corrected chi connectivity index (χ0v) is 10.3. The lowest BCUT2D eigenvalue weighted by Gasteiger charge is -2.13. The van der Waals surface area contributed by atoms with Crippen LogP contribution in [0.3, 0.4) is 0 Å². The van der Waals surface area contributed by atoms with Crippen molar-refractivity contribution in [1.29, 1.82) is 0 Å². The highest BCUT2D eigenvalue weighted by Gasteiger charge is 2.05. The van der Waals surface area contributed by atoms with E-state index in [0.717, 1.165) is 12.2 Å². The normalized spacial score (nSPS) is 12.2. The first-order valence-corrected chi connectivity index (χ1v) is 6.00. The zero-order chi connectivity index (χ0) is 12.5. The number of aliphatic hydroxyl groups is 1. The molecule has 0 spiro atoms. The van der Waals surface area contributed by atoms with Crippen LogP contribution in [0.15, 0.2) is 24.3 Å². The van der Waals surface area contributed by atoms with Gasteiger partial charge >= 0.3 is 0 Å². The van der Waals surface area contributed by atoms with E-state index in [0.29, 0.717) is 25.4 Å². The molecule has 0 heterocycles. The minimum Gasteiger partial charge on any atom is -0.490 e. The van der Waals surface area contributed by atoms with Crippen molar-refractivity contribution in [2.24, 2.45) is 5.73 Å². The van der Waals surface area contributed by atoms with Crippen molar-refractivity contribution in [3.8, 4) is 11.5 Å². The minimum absolute atomic E-state index is 0.261. The topological polar surface area (TPSA) is 64.7 Å². The van der Waals surface area contributed by atoms with Crippen molar-refractivity contribution in [3.05, 3.63) is 24.3 Å². The van der Waals surface area contributed by atoms with Gasteiger partial charge in [0.1, 0.15) is 0 Å². The van der Waals surface area contributed by atoms with E-state index in [1.807, 2.05) is 24.3 Å². The molecule has 4 heteroatoms. The van der Waals surface area contributed by atoms with Gasteiger partial charge in [0.25, 0.3) is 0 Å². The molecule has 0 bridgehead atoms. The summed E-state index contributed by atoms with van der Waals surface area (Å²) < 4.78 is 11.1. The molecule has 0 aliphatic carbocycles. The van der Waals surface area contributed by atoms with Gasteiger partial charge in [-0.1, -0.05) is 19.1 Å². The summed E-state index contributed by atoms with van der Waals surface area (Å²) in [6.45, 7) is 3.43. The van der Waals surface area contributed by atoms with Gasteiger partial charge in [-0.25, -0.2) is 0 Å². The average molecular weight is 239 g/mol. The number of para-hydroxylation sites is 2. The Hall–Kier alpha value is -1.26. The van der Waals surface area contributed by atoms with Crippen LogP contribution in [0.1, 0.15) is 19.8 Å². The summed E-state index contributed by atoms with van der Waals surface area (Å²) in [5.74, 6) is 1.46. The predicted octanol–water partition coefficient (Wildman–Crippen LogP) is 1.56. The van der Waals surface area contributed by atoms with E-state index in [1.165, 1.54) is 0 Å². The van der Waals surface area contributed by atoms with E-state index in [1.54, 1.807) is 0 Å². The summed E-state index contributed by atoms with van der Waals surface area (Å²) in [5.41, 5.74) is 5.32. The van der Waals surface area contributed by atoms with Crippen LogP contribution in [0.4, 0.5) is 0 Å². The van der Waals surface area contributed by atoms with E-state index < -0.39 is 6.10 Å². The van der Waals surface area contributed by atoms with Crippen LogP contribution in [0.25, 0.3) is 0 Å². The van der Waals surface area contributed by atoms with Crippen LogP contribution in [0, 0.1) is 0 Å². The Morgan fingerprint density at radius 1 is 1.18 bits per heavy atom. The molecule has 0 aliphatic heterocycles. The Morgan fingerprint density at radius 3 is 2.29 bits per heavy atom. The number of hydrogen-bond donors (Lipinski definition) is 2. The molecule has 1 aromatic rings. The number of aliphatic hydroxyl groups excluding tert-OH is 1. The maximum atomic E-state index is 9.31. The molecule has 0 saturated heterocycles. The van der Waals surface area contributed by atoms with Gasteiger partial charge in [-0.3, -0.25) is 0 Å². The highest BCUT2D eigenvalue weighted by molar-refractivity contribution is 5.39. The summed E-state index contributed by atoms with van der Waals surface area (Å²) in [6, 6.07) is 7.55. The maximum absolute atomic E-state index is 9.31. The third-order valence-corrected chi connectivity index (χ3v) is 2.29. The van der Waals surface area contributed by atoms with Gasteiger partial charge in [0.2, 0.25) is 0 Å². The highest BCUT2D eigenvalue weighted by Crippen LogP contribution is 2.26. The fraction of sp³-hybridized carbons (Fsp3) is 0.538. The second-order valence-electron chi connectivity index (χ2n) is 3.82. The molecule has 96 valence electrons. The maximum Gasteiger partial charge on any atom is 0.161 e.